The van der Waals surface area contributed by atoms with E-state index in [-0.39, 0.29) is 11.8 Å². The molecule has 2 amide bonds. The first-order valence-corrected chi connectivity index (χ1v) is 10.3. The highest BCUT2D eigenvalue weighted by atomic mass is 16.2. The summed E-state index contributed by atoms with van der Waals surface area (Å²) in [6, 6.07) is 17.2. The van der Waals surface area contributed by atoms with E-state index in [9.17, 15) is 9.59 Å². The summed E-state index contributed by atoms with van der Waals surface area (Å²) in [6.07, 6.45) is 8.83. The summed E-state index contributed by atoms with van der Waals surface area (Å²) in [5, 5.41) is 0. The molecule has 2 aromatic rings. The van der Waals surface area contributed by atoms with Crippen LogP contribution in [0, 0.1) is 11.8 Å². The van der Waals surface area contributed by atoms with Crippen LogP contribution in [0.2, 0.25) is 0 Å². The molecule has 3 rings (SSSR count). The SMILES string of the molecule is O=C1c2ccccc2C(=O)N1CCCCCCCCCC#Cc1ccccc1. The molecule has 0 fully saturated rings. The minimum Gasteiger partial charge on any atom is -0.274 e. The van der Waals surface area contributed by atoms with Gasteiger partial charge in [0.1, 0.15) is 0 Å². The van der Waals surface area contributed by atoms with Gasteiger partial charge < -0.3 is 0 Å². The van der Waals surface area contributed by atoms with Gasteiger partial charge in [0, 0.05) is 18.5 Å². The topological polar surface area (TPSA) is 37.4 Å². The number of rotatable bonds is 9. The molecule has 0 atom stereocenters. The molecule has 1 aliphatic rings. The molecule has 0 aromatic heterocycles. The third kappa shape index (κ3) is 5.33. The van der Waals surface area contributed by atoms with Gasteiger partial charge in [-0.2, -0.15) is 0 Å². The Labute approximate surface area is 167 Å². The molecule has 0 bridgehead atoms. The summed E-state index contributed by atoms with van der Waals surface area (Å²) < 4.78 is 0. The Bertz CT molecular complexity index is 826. The van der Waals surface area contributed by atoms with Gasteiger partial charge in [-0.05, 0) is 37.1 Å². The Hall–Kier alpha value is -2.86. The van der Waals surface area contributed by atoms with Crippen molar-refractivity contribution in [3.63, 3.8) is 0 Å². The first-order chi connectivity index (χ1) is 13.8. The molecular formula is C25H27NO2. The Kier molecular flexibility index (Phi) is 7.44. The van der Waals surface area contributed by atoms with Crippen LogP contribution in [-0.2, 0) is 0 Å². The van der Waals surface area contributed by atoms with Crippen molar-refractivity contribution in [2.45, 2.75) is 51.4 Å². The van der Waals surface area contributed by atoms with Crippen molar-refractivity contribution in [3.8, 4) is 11.8 Å². The molecule has 144 valence electrons. The molecule has 0 unspecified atom stereocenters. The second-order valence-electron chi connectivity index (χ2n) is 7.20. The number of fused-ring (bicyclic) bond motifs is 1. The average molecular weight is 373 g/mol. The quantitative estimate of drug-likeness (QED) is 0.333. The monoisotopic (exact) mass is 373 g/mol. The molecule has 2 aromatic carbocycles. The van der Waals surface area contributed by atoms with E-state index in [1.165, 1.54) is 24.2 Å². The van der Waals surface area contributed by atoms with Gasteiger partial charge in [0.2, 0.25) is 0 Å². The van der Waals surface area contributed by atoms with E-state index in [2.05, 4.69) is 11.8 Å². The standard InChI is InChI=1S/C25H27NO2/c27-24-22-18-12-13-19-23(22)25(28)26(24)20-14-7-5-3-1-2-4-6-9-15-21-16-10-8-11-17-21/h8,10-13,16-19H,1-7,14,20H2. The largest absolute Gasteiger partial charge is 0.274 e. The fraction of sp³-hybridized carbons (Fsp3) is 0.360. The molecule has 0 radical (unpaired) electrons. The number of benzene rings is 2. The lowest BCUT2D eigenvalue weighted by Crippen LogP contribution is -2.30. The molecule has 1 aliphatic heterocycles. The second kappa shape index (κ2) is 10.5. The van der Waals surface area contributed by atoms with Crippen molar-refractivity contribution >= 4 is 11.8 Å². The Morgan fingerprint density at radius 3 is 1.82 bits per heavy atom. The number of imide groups is 1. The van der Waals surface area contributed by atoms with Gasteiger partial charge in [0.05, 0.1) is 11.1 Å². The van der Waals surface area contributed by atoms with Gasteiger partial charge in [0.15, 0.2) is 0 Å². The highest BCUT2D eigenvalue weighted by Crippen LogP contribution is 2.22. The first kappa shape index (κ1) is 19.9. The van der Waals surface area contributed by atoms with E-state index >= 15 is 0 Å². The van der Waals surface area contributed by atoms with E-state index in [1.807, 2.05) is 30.3 Å². The molecule has 0 aliphatic carbocycles. The number of carbonyl (C=O) groups excluding carboxylic acids is 2. The average Bonchev–Trinajstić information content (AvgIpc) is 2.97. The van der Waals surface area contributed by atoms with Crippen LogP contribution in [0.5, 0.6) is 0 Å². The lowest BCUT2D eigenvalue weighted by atomic mass is 10.1. The van der Waals surface area contributed by atoms with Crippen molar-refractivity contribution in [1.82, 2.24) is 4.90 Å². The van der Waals surface area contributed by atoms with Gasteiger partial charge in [-0.25, -0.2) is 0 Å². The maximum Gasteiger partial charge on any atom is 0.261 e. The lowest BCUT2D eigenvalue weighted by molar-refractivity contribution is 0.0651. The van der Waals surface area contributed by atoms with Crippen molar-refractivity contribution in [2.75, 3.05) is 6.54 Å². The Morgan fingerprint density at radius 2 is 1.18 bits per heavy atom. The molecular weight excluding hydrogens is 346 g/mol. The lowest BCUT2D eigenvalue weighted by Gasteiger charge is -2.13. The fourth-order valence-corrected chi connectivity index (χ4v) is 3.50. The van der Waals surface area contributed by atoms with E-state index < -0.39 is 0 Å². The minimum absolute atomic E-state index is 0.141. The number of nitrogens with zero attached hydrogens (tertiary/aromatic N) is 1. The molecule has 1 heterocycles. The van der Waals surface area contributed by atoms with E-state index in [4.69, 9.17) is 0 Å². The highest BCUT2D eigenvalue weighted by Gasteiger charge is 2.34. The van der Waals surface area contributed by atoms with Crippen molar-refractivity contribution in [1.29, 1.82) is 0 Å². The van der Waals surface area contributed by atoms with E-state index in [0.717, 1.165) is 37.7 Å². The predicted molar refractivity (Wildman–Crippen MR) is 112 cm³/mol. The minimum atomic E-state index is -0.141. The van der Waals surface area contributed by atoms with Gasteiger partial charge in [0.25, 0.3) is 11.8 Å². The molecule has 0 N–H and O–H groups in total. The van der Waals surface area contributed by atoms with Crippen LogP contribution < -0.4 is 0 Å². The van der Waals surface area contributed by atoms with E-state index in [0.29, 0.717) is 17.7 Å². The van der Waals surface area contributed by atoms with Gasteiger partial charge >= 0.3 is 0 Å². The third-order valence-electron chi connectivity index (χ3n) is 5.07. The van der Waals surface area contributed by atoms with Gasteiger partial charge in [-0.15, -0.1) is 0 Å². The van der Waals surface area contributed by atoms with Gasteiger partial charge in [-0.1, -0.05) is 74.3 Å². The summed E-state index contributed by atoms with van der Waals surface area (Å²) in [6.45, 7) is 0.529. The maximum absolute atomic E-state index is 12.3. The number of hydrogen-bond acceptors (Lipinski definition) is 2. The molecule has 0 spiro atoms. The van der Waals surface area contributed by atoms with Crippen LogP contribution >= 0.6 is 0 Å². The summed E-state index contributed by atoms with van der Waals surface area (Å²) in [4.78, 5) is 26.0. The number of hydrogen-bond donors (Lipinski definition) is 0. The Balaban J connectivity index is 1.22. The number of unbranched alkanes of at least 4 members (excludes halogenated alkanes) is 7. The highest BCUT2D eigenvalue weighted by molar-refractivity contribution is 6.21. The van der Waals surface area contributed by atoms with Crippen LogP contribution in [0.25, 0.3) is 0 Å². The number of amides is 2. The second-order valence-corrected chi connectivity index (χ2v) is 7.20. The zero-order valence-corrected chi connectivity index (χ0v) is 16.3. The van der Waals surface area contributed by atoms with Crippen LogP contribution in [0.15, 0.2) is 54.6 Å². The molecule has 0 saturated heterocycles. The zero-order chi connectivity index (χ0) is 19.6. The zero-order valence-electron chi connectivity index (χ0n) is 16.3. The molecule has 3 heteroatoms. The summed E-state index contributed by atoms with van der Waals surface area (Å²) in [5.74, 6) is 6.15. The summed E-state index contributed by atoms with van der Waals surface area (Å²) in [7, 11) is 0. The summed E-state index contributed by atoms with van der Waals surface area (Å²) >= 11 is 0. The molecule has 0 saturated carbocycles. The van der Waals surface area contributed by atoms with Crippen molar-refractivity contribution < 1.29 is 9.59 Å². The van der Waals surface area contributed by atoms with Gasteiger partial charge in [-0.3, -0.25) is 14.5 Å². The first-order valence-electron chi connectivity index (χ1n) is 10.3. The third-order valence-corrected chi connectivity index (χ3v) is 5.07. The molecule has 28 heavy (non-hydrogen) atoms. The van der Waals surface area contributed by atoms with Crippen LogP contribution in [-0.4, -0.2) is 23.3 Å². The van der Waals surface area contributed by atoms with Crippen LogP contribution in [0.3, 0.4) is 0 Å². The smallest absolute Gasteiger partial charge is 0.261 e. The van der Waals surface area contributed by atoms with Crippen molar-refractivity contribution in [3.05, 3.63) is 71.3 Å². The number of carbonyl (C=O) groups is 2. The normalized spacial score (nSPS) is 12.6. The van der Waals surface area contributed by atoms with Crippen LogP contribution in [0.4, 0.5) is 0 Å². The fourth-order valence-electron chi connectivity index (χ4n) is 3.50. The maximum atomic E-state index is 12.3. The van der Waals surface area contributed by atoms with Crippen molar-refractivity contribution in [2.24, 2.45) is 0 Å². The molecule has 3 nitrogen and oxygen atoms in total. The van der Waals surface area contributed by atoms with E-state index in [1.54, 1.807) is 24.3 Å². The predicted octanol–water partition coefficient (Wildman–Crippen LogP) is 5.46. The summed E-state index contributed by atoms with van der Waals surface area (Å²) in [5.41, 5.74) is 2.17. The van der Waals surface area contributed by atoms with Crippen LogP contribution in [0.1, 0.15) is 77.6 Å². The Morgan fingerprint density at radius 1 is 0.643 bits per heavy atom.